The van der Waals surface area contributed by atoms with Crippen LogP contribution in [0, 0.1) is 5.41 Å². The third-order valence-electron chi connectivity index (χ3n) is 6.41. The van der Waals surface area contributed by atoms with Crippen LogP contribution in [-0.4, -0.2) is 45.3 Å². The summed E-state index contributed by atoms with van der Waals surface area (Å²) in [5.74, 6) is -0.326. The number of hydrogen-bond donors (Lipinski definition) is 4. The lowest BCUT2D eigenvalue weighted by Crippen LogP contribution is -2.50. The van der Waals surface area contributed by atoms with E-state index in [0.29, 0.717) is 23.5 Å². The van der Waals surface area contributed by atoms with E-state index in [1.165, 1.54) is 17.7 Å². The average molecular weight is 565 g/mol. The molecule has 0 radical (unpaired) electrons. The number of hydrogen-bond acceptors (Lipinski definition) is 7. The third kappa shape index (κ3) is 7.90. The van der Waals surface area contributed by atoms with Crippen molar-refractivity contribution in [3.8, 4) is 11.5 Å². The Morgan fingerprint density at radius 3 is 2.38 bits per heavy atom. The largest absolute Gasteiger partial charge is 0.494 e. The Morgan fingerprint density at radius 2 is 1.65 bits per heavy atom. The van der Waals surface area contributed by atoms with E-state index in [-0.39, 0.29) is 36.2 Å². The molecule has 1 amide bonds. The minimum atomic E-state index is -4.06. The molecule has 0 heterocycles. The molecule has 210 valence electrons. The third-order valence-corrected chi connectivity index (χ3v) is 7.90. The van der Waals surface area contributed by atoms with E-state index in [1.54, 1.807) is 54.6 Å². The van der Waals surface area contributed by atoms with Gasteiger partial charge in [-0.25, -0.2) is 13.2 Å². The summed E-state index contributed by atoms with van der Waals surface area (Å²) in [4.78, 5) is 25.6. The second-order valence-corrected chi connectivity index (χ2v) is 11.1. The van der Waals surface area contributed by atoms with E-state index < -0.39 is 22.0 Å². The first-order valence-electron chi connectivity index (χ1n) is 13.0. The van der Waals surface area contributed by atoms with Gasteiger partial charge in [0.15, 0.2) is 0 Å². The summed E-state index contributed by atoms with van der Waals surface area (Å²) in [6.45, 7) is -0.0285. The molecule has 0 aromatic heterocycles. The molecule has 10 nitrogen and oxygen atoms in total. The van der Waals surface area contributed by atoms with Gasteiger partial charge in [0.2, 0.25) is 15.9 Å². The fourth-order valence-electron chi connectivity index (χ4n) is 4.28. The van der Waals surface area contributed by atoms with Crippen molar-refractivity contribution in [1.29, 1.82) is 5.41 Å². The molecule has 1 aliphatic carbocycles. The summed E-state index contributed by atoms with van der Waals surface area (Å²) in [7, 11) is -4.06. The number of amidine groups is 1. The molecular weight excluding hydrogens is 532 g/mol. The summed E-state index contributed by atoms with van der Waals surface area (Å²) < 4.78 is 39.4. The van der Waals surface area contributed by atoms with Crippen LogP contribution in [0.5, 0.6) is 11.5 Å². The smallest absolute Gasteiger partial charge is 0.331 e. The number of nitrogen functional groups attached to an aromatic ring is 1. The van der Waals surface area contributed by atoms with Crippen molar-refractivity contribution in [3.63, 3.8) is 0 Å². The van der Waals surface area contributed by atoms with Crippen LogP contribution in [0.1, 0.15) is 36.0 Å². The Bertz CT molecular complexity index is 1460. The number of sulfonamides is 1. The van der Waals surface area contributed by atoms with Gasteiger partial charge in [0.05, 0.1) is 11.5 Å². The normalized spacial score (nSPS) is 13.2. The van der Waals surface area contributed by atoms with E-state index in [0.717, 1.165) is 24.8 Å². The van der Waals surface area contributed by atoms with Crippen molar-refractivity contribution < 1.29 is 27.5 Å². The number of benzene rings is 3. The van der Waals surface area contributed by atoms with Gasteiger partial charge in [-0.05, 0) is 85.3 Å². The second kappa shape index (κ2) is 13.2. The van der Waals surface area contributed by atoms with Crippen LogP contribution >= 0.6 is 0 Å². The Balaban J connectivity index is 1.33. The maximum atomic E-state index is 13.1. The number of esters is 1. The summed E-state index contributed by atoms with van der Waals surface area (Å²) in [5, 5.41) is 10.0. The van der Waals surface area contributed by atoms with E-state index >= 15 is 0 Å². The fourth-order valence-corrected chi connectivity index (χ4v) is 5.49. The van der Waals surface area contributed by atoms with Gasteiger partial charge >= 0.3 is 5.97 Å². The zero-order valence-electron chi connectivity index (χ0n) is 21.9. The molecule has 0 saturated carbocycles. The lowest BCUT2D eigenvalue weighted by molar-refractivity contribution is -0.136. The number of fused-ring (bicyclic) bond motifs is 1. The number of rotatable bonds is 13. The van der Waals surface area contributed by atoms with Crippen molar-refractivity contribution in [2.45, 2.75) is 43.0 Å². The van der Waals surface area contributed by atoms with Gasteiger partial charge in [-0.2, -0.15) is 4.72 Å². The summed E-state index contributed by atoms with van der Waals surface area (Å²) in [5.41, 5.74) is 8.34. The summed E-state index contributed by atoms with van der Waals surface area (Å²) in [6, 6.07) is 18.4. The van der Waals surface area contributed by atoms with Crippen LogP contribution in [-0.2, 0) is 32.5 Å². The number of nitrogens with one attached hydrogen (secondary N) is 3. The molecule has 3 aromatic carbocycles. The zero-order valence-corrected chi connectivity index (χ0v) is 22.7. The average Bonchev–Trinajstić information content (AvgIpc) is 3.42. The predicted octanol–water partition coefficient (Wildman–Crippen LogP) is 2.69. The molecule has 1 aliphatic rings. The zero-order chi connectivity index (χ0) is 28.5. The highest BCUT2D eigenvalue weighted by Crippen LogP contribution is 2.26. The van der Waals surface area contributed by atoms with Crippen LogP contribution in [0.4, 0.5) is 0 Å². The highest BCUT2D eigenvalue weighted by Gasteiger charge is 2.28. The molecule has 5 N–H and O–H groups in total. The molecule has 3 aromatic rings. The molecule has 1 atom stereocenters. The van der Waals surface area contributed by atoms with E-state index in [4.69, 9.17) is 20.6 Å². The Morgan fingerprint density at radius 1 is 0.950 bits per heavy atom. The standard InChI is InChI=1S/C29H32N4O6S/c30-28(31)21-12-14-23(15-13-21)38-17-5-10-27(34)32-19-26(33-40(36,37)25-8-2-1-3-9-25)29(35)39-24-16-11-20-6-4-7-22(20)18-24/h1-3,8-9,11-16,18,26,33H,4-7,10,17,19H2,(H3,30,31)(H,32,34)/t26-/m0/s1. The Hall–Kier alpha value is -4.22. The van der Waals surface area contributed by atoms with Crippen molar-refractivity contribution in [3.05, 3.63) is 89.5 Å². The van der Waals surface area contributed by atoms with Gasteiger partial charge < -0.3 is 20.5 Å². The molecule has 0 spiro atoms. The van der Waals surface area contributed by atoms with E-state index in [9.17, 15) is 18.0 Å². The second-order valence-electron chi connectivity index (χ2n) is 9.39. The molecule has 4 rings (SSSR count). The molecular formula is C29H32N4O6S. The van der Waals surface area contributed by atoms with Crippen LogP contribution in [0.2, 0.25) is 0 Å². The number of amides is 1. The van der Waals surface area contributed by atoms with Crippen LogP contribution in [0.25, 0.3) is 0 Å². The summed E-state index contributed by atoms with van der Waals surface area (Å²) in [6.07, 6.45) is 3.40. The SMILES string of the molecule is N=C(N)c1ccc(OCCCC(=O)NC[C@H](NS(=O)(=O)c2ccccc2)C(=O)Oc2ccc3c(c2)CCC3)cc1. The van der Waals surface area contributed by atoms with Gasteiger partial charge in [-0.1, -0.05) is 24.3 Å². The van der Waals surface area contributed by atoms with Crippen molar-refractivity contribution in [1.82, 2.24) is 10.0 Å². The Labute approximate surface area is 233 Å². The molecule has 0 fully saturated rings. The molecule has 0 aliphatic heterocycles. The highest BCUT2D eigenvalue weighted by molar-refractivity contribution is 7.89. The summed E-state index contributed by atoms with van der Waals surface area (Å²) >= 11 is 0. The van der Waals surface area contributed by atoms with Crippen LogP contribution in [0.15, 0.2) is 77.7 Å². The minimum Gasteiger partial charge on any atom is -0.494 e. The van der Waals surface area contributed by atoms with Gasteiger partial charge in [0.25, 0.3) is 0 Å². The number of aryl methyl sites for hydroxylation is 2. The first kappa shape index (κ1) is 28.8. The lowest BCUT2D eigenvalue weighted by atomic mass is 10.1. The Kier molecular flexibility index (Phi) is 9.52. The fraction of sp³-hybridized carbons (Fsp3) is 0.276. The molecule has 0 unspecified atom stereocenters. The maximum absolute atomic E-state index is 13.1. The number of ether oxygens (including phenoxy) is 2. The number of carbonyl (C=O) groups is 2. The van der Waals surface area contributed by atoms with Crippen LogP contribution < -0.4 is 25.2 Å². The number of nitrogens with two attached hydrogens (primary N) is 1. The topological polar surface area (TPSA) is 161 Å². The molecule has 11 heteroatoms. The van der Waals surface area contributed by atoms with Crippen molar-refractivity contribution >= 4 is 27.7 Å². The van der Waals surface area contributed by atoms with Gasteiger partial charge in [0, 0.05) is 18.5 Å². The molecule has 40 heavy (non-hydrogen) atoms. The monoisotopic (exact) mass is 564 g/mol. The van der Waals surface area contributed by atoms with Crippen LogP contribution in [0.3, 0.4) is 0 Å². The molecule has 0 bridgehead atoms. The minimum absolute atomic E-state index is 0.00913. The first-order chi connectivity index (χ1) is 19.2. The highest BCUT2D eigenvalue weighted by atomic mass is 32.2. The first-order valence-corrected chi connectivity index (χ1v) is 14.4. The van der Waals surface area contributed by atoms with E-state index in [2.05, 4.69) is 10.0 Å². The lowest BCUT2D eigenvalue weighted by Gasteiger charge is -2.19. The van der Waals surface area contributed by atoms with Gasteiger partial charge in [0.1, 0.15) is 23.4 Å². The maximum Gasteiger partial charge on any atom is 0.331 e. The quantitative estimate of drug-likeness (QED) is 0.0816. The van der Waals surface area contributed by atoms with Gasteiger partial charge in [-0.3, -0.25) is 10.2 Å². The van der Waals surface area contributed by atoms with Crippen molar-refractivity contribution in [2.75, 3.05) is 13.2 Å². The van der Waals surface area contributed by atoms with E-state index in [1.807, 2.05) is 6.07 Å². The van der Waals surface area contributed by atoms with Gasteiger partial charge in [-0.15, -0.1) is 0 Å². The molecule has 0 saturated heterocycles. The van der Waals surface area contributed by atoms with Crippen molar-refractivity contribution in [2.24, 2.45) is 5.73 Å². The predicted molar refractivity (Wildman–Crippen MR) is 150 cm³/mol. The number of carbonyl (C=O) groups excluding carboxylic acids is 2.